The number of pyridine rings is 1. The Kier molecular flexibility index (Phi) is 5.98. The largest absolute Gasteiger partial charge is 0.417 e. The highest BCUT2D eigenvalue weighted by molar-refractivity contribution is 5.98. The van der Waals surface area contributed by atoms with Crippen LogP contribution in [0.5, 0.6) is 0 Å². The molecule has 1 fully saturated rings. The van der Waals surface area contributed by atoms with Gasteiger partial charge in [0.15, 0.2) is 5.78 Å². The summed E-state index contributed by atoms with van der Waals surface area (Å²) in [6.45, 7) is 1.88. The molecule has 0 unspecified atom stereocenters. The maximum absolute atomic E-state index is 12.7. The van der Waals surface area contributed by atoms with Crippen LogP contribution in [0.3, 0.4) is 0 Å². The van der Waals surface area contributed by atoms with Crippen molar-refractivity contribution in [3.63, 3.8) is 0 Å². The van der Waals surface area contributed by atoms with E-state index in [2.05, 4.69) is 4.98 Å². The van der Waals surface area contributed by atoms with Gasteiger partial charge in [0.2, 0.25) is 5.91 Å². The number of carbonyl (C=O) groups is 2. The van der Waals surface area contributed by atoms with Gasteiger partial charge >= 0.3 is 6.18 Å². The molecule has 164 valence electrons. The Hall–Kier alpha value is -2.90. The van der Waals surface area contributed by atoms with Crippen molar-refractivity contribution in [2.75, 3.05) is 31.1 Å². The van der Waals surface area contributed by atoms with E-state index in [1.165, 1.54) is 17.2 Å². The van der Waals surface area contributed by atoms with E-state index >= 15 is 0 Å². The van der Waals surface area contributed by atoms with Crippen LogP contribution in [0.15, 0.2) is 36.5 Å². The Labute approximate surface area is 178 Å². The highest BCUT2D eigenvalue weighted by atomic mass is 19.4. The van der Waals surface area contributed by atoms with Crippen LogP contribution in [0.4, 0.5) is 19.0 Å². The molecule has 0 atom stereocenters. The van der Waals surface area contributed by atoms with Crippen LogP contribution < -0.4 is 4.90 Å². The number of hydrogen-bond donors (Lipinski definition) is 0. The highest BCUT2D eigenvalue weighted by Crippen LogP contribution is 2.29. The van der Waals surface area contributed by atoms with Crippen molar-refractivity contribution in [1.29, 1.82) is 0 Å². The van der Waals surface area contributed by atoms with Crippen molar-refractivity contribution in [2.45, 2.75) is 38.3 Å². The molecule has 0 radical (unpaired) electrons. The monoisotopic (exact) mass is 431 g/mol. The predicted molar refractivity (Wildman–Crippen MR) is 110 cm³/mol. The number of alkyl halides is 3. The average molecular weight is 431 g/mol. The van der Waals surface area contributed by atoms with Gasteiger partial charge in [0.1, 0.15) is 5.82 Å². The first-order valence-electron chi connectivity index (χ1n) is 10.5. The molecule has 5 nitrogen and oxygen atoms in total. The van der Waals surface area contributed by atoms with E-state index < -0.39 is 11.7 Å². The summed E-state index contributed by atoms with van der Waals surface area (Å²) >= 11 is 0. The molecule has 1 aromatic carbocycles. The van der Waals surface area contributed by atoms with Gasteiger partial charge in [-0.25, -0.2) is 4.98 Å². The highest BCUT2D eigenvalue weighted by Gasteiger charge is 2.31. The number of rotatable bonds is 5. The zero-order chi connectivity index (χ0) is 22.0. The average Bonchev–Trinajstić information content (AvgIpc) is 3.25. The Bertz CT molecular complexity index is 965. The smallest absolute Gasteiger partial charge is 0.353 e. The normalized spacial score (nSPS) is 16.4. The van der Waals surface area contributed by atoms with E-state index in [-0.39, 0.29) is 24.5 Å². The Balaban J connectivity index is 1.26. The molecule has 4 rings (SSSR count). The predicted octanol–water partition coefficient (Wildman–Crippen LogP) is 3.90. The number of benzene rings is 1. The summed E-state index contributed by atoms with van der Waals surface area (Å²) in [5, 5.41) is 0. The minimum atomic E-state index is -4.41. The molecule has 0 bridgehead atoms. The first kappa shape index (κ1) is 21.3. The molecule has 0 spiro atoms. The van der Waals surface area contributed by atoms with Crippen LogP contribution in [-0.4, -0.2) is 47.8 Å². The second kappa shape index (κ2) is 8.69. The third-order valence-corrected chi connectivity index (χ3v) is 6.02. The minimum absolute atomic E-state index is 0.0179. The Morgan fingerprint density at radius 3 is 2.35 bits per heavy atom. The fraction of sp³-hybridized carbons (Fsp3) is 0.435. The van der Waals surface area contributed by atoms with Crippen molar-refractivity contribution in [2.24, 2.45) is 0 Å². The first-order valence-corrected chi connectivity index (χ1v) is 10.5. The molecule has 1 aromatic heterocycles. The molecule has 2 heterocycles. The molecule has 0 saturated carbocycles. The zero-order valence-corrected chi connectivity index (χ0v) is 17.1. The van der Waals surface area contributed by atoms with Gasteiger partial charge in [-0.05, 0) is 48.6 Å². The van der Waals surface area contributed by atoms with Gasteiger partial charge in [0, 0.05) is 50.8 Å². The Morgan fingerprint density at radius 1 is 0.935 bits per heavy atom. The molecule has 8 heteroatoms. The fourth-order valence-electron chi connectivity index (χ4n) is 4.19. The summed E-state index contributed by atoms with van der Waals surface area (Å²) < 4.78 is 38.0. The maximum Gasteiger partial charge on any atom is 0.417 e. The second-order valence-corrected chi connectivity index (χ2v) is 8.03. The van der Waals surface area contributed by atoms with Gasteiger partial charge in [-0.15, -0.1) is 0 Å². The minimum Gasteiger partial charge on any atom is -0.353 e. The lowest BCUT2D eigenvalue weighted by Gasteiger charge is -2.35. The number of piperazine rings is 1. The van der Waals surface area contributed by atoms with Crippen molar-refractivity contribution in [1.82, 2.24) is 9.88 Å². The number of carbonyl (C=O) groups excluding carboxylic acids is 2. The third kappa shape index (κ3) is 4.89. The van der Waals surface area contributed by atoms with Crippen LogP contribution in [0.1, 0.15) is 46.3 Å². The number of halogens is 3. The summed E-state index contributed by atoms with van der Waals surface area (Å²) in [6.07, 6.45) is -0.0405. The van der Waals surface area contributed by atoms with Crippen LogP contribution in [0.2, 0.25) is 0 Å². The number of Topliss-reactive ketones (excluding diaryl/α,β-unsaturated/α-hetero) is 1. The van der Waals surface area contributed by atoms with Crippen LogP contribution in [0, 0.1) is 0 Å². The number of fused-ring (bicyclic) bond motifs is 1. The van der Waals surface area contributed by atoms with Crippen molar-refractivity contribution in [3.05, 3.63) is 58.8 Å². The van der Waals surface area contributed by atoms with E-state index in [1.807, 2.05) is 23.1 Å². The van der Waals surface area contributed by atoms with Gasteiger partial charge in [-0.3, -0.25) is 9.59 Å². The van der Waals surface area contributed by atoms with Gasteiger partial charge < -0.3 is 9.80 Å². The number of ketones is 1. The summed E-state index contributed by atoms with van der Waals surface area (Å²) in [4.78, 5) is 32.5. The van der Waals surface area contributed by atoms with Gasteiger partial charge in [-0.1, -0.05) is 12.1 Å². The molecule has 2 aliphatic rings. The number of aromatic nitrogens is 1. The summed E-state index contributed by atoms with van der Waals surface area (Å²) in [6, 6.07) is 8.21. The fourth-order valence-corrected chi connectivity index (χ4v) is 4.19. The molecule has 1 aliphatic heterocycles. The van der Waals surface area contributed by atoms with Gasteiger partial charge in [0.25, 0.3) is 0 Å². The van der Waals surface area contributed by atoms with E-state index in [0.29, 0.717) is 37.6 Å². The summed E-state index contributed by atoms with van der Waals surface area (Å²) in [5.74, 6) is 0.372. The topological polar surface area (TPSA) is 53.5 Å². The first-order chi connectivity index (χ1) is 14.8. The molecule has 1 amide bonds. The number of aryl methyl sites for hydroxylation is 2. The lowest BCUT2D eigenvalue weighted by molar-refractivity contribution is -0.137. The van der Waals surface area contributed by atoms with Crippen molar-refractivity contribution in [3.8, 4) is 0 Å². The standard InChI is InChI=1S/C23H24F3N3O2/c24-23(25,26)19-6-8-21(27-15-19)28-10-12-29(13-11-28)22(31)9-7-20(30)18-5-4-16-2-1-3-17(16)14-18/h4-6,8,14-15H,1-3,7,9-13H2. The second-order valence-electron chi connectivity index (χ2n) is 8.03. The Morgan fingerprint density at radius 2 is 1.68 bits per heavy atom. The van der Waals surface area contributed by atoms with Crippen molar-refractivity contribution >= 4 is 17.5 Å². The van der Waals surface area contributed by atoms with E-state index in [4.69, 9.17) is 0 Å². The van der Waals surface area contributed by atoms with E-state index in [1.54, 1.807) is 4.90 Å². The molecule has 31 heavy (non-hydrogen) atoms. The van der Waals surface area contributed by atoms with E-state index in [9.17, 15) is 22.8 Å². The van der Waals surface area contributed by atoms with Crippen LogP contribution in [-0.2, 0) is 23.8 Å². The van der Waals surface area contributed by atoms with Gasteiger partial charge in [0.05, 0.1) is 5.56 Å². The van der Waals surface area contributed by atoms with Crippen molar-refractivity contribution < 1.29 is 22.8 Å². The summed E-state index contributed by atoms with van der Waals surface area (Å²) in [7, 11) is 0. The molecule has 1 saturated heterocycles. The summed E-state index contributed by atoms with van der Waals surface area (Å²) in [5.41, 5.74) is 2.45. The molecule has 1 aliphatic carbocycles. The van der Waals surface area contributed by atoms with Crippen LogP contribution >= 0.6 is 0 Å². The zero-order valence-electron chi connectivity index (χ0n) is 17.1. The number of anilines is 1. The molecular weight excluding hydrogens is 407 g/mol. The number of amides is 1. The van der Waals surface area contributed by atoms with Crippen LogP contribution in [0.25, 0.3) is 0 Å². The maximum atomic E-state index is 12.7. The number of hydrogen-bond acceptors (Lipinski definition) is 4. The van der Waals surface area contributed by atoms with E-state index in [0.717, 1.165) is 31.5 Å². The number of nitrogens with zero attached hydrogens (tertiary/aromatic N) is 3. The SMILES string of the molecule is O=C(CCC(=O)N1CCN(c2ccc(C(F)(F)F)cn2)CC1)c1ccc2c(c1)CCC2. The third-order valence-electron chi connectivity index (χ3n) is 6.02. The lowest BCUT2D eigenvalue weighted by atomic mass is 10.0. The molecule has 0 N–H and O–H groups in total. The lowest BCUT2D eigenvalue weighted by Crippen LogP contribution is -2.49. The van der Waals surface area contributed by atoms with Gasteiger partial charge in [-0.2, -0.15) is 13.2 Å². The molecule has 2 aromatic rings. The quantitative estimate of drug-likeness (QED) is 0.674. The molecular formula is C23H24F3N3O2.